The Morgan fingerprint density at radius 1 is 1.39 bits per heavy atom. The molecule has 3 rings (SSSR count). The minimum Gasteiger partial charge on any atom is -0.306 e. The van der Waals surface area contributed by atoms with Gasteiger partial charge in [0.1, 0.15) is 10.4 Å². The predicted molar refractivity (Wildman–Crippen MR) is 86.5 cm³/mol. The van der Waals surface area contributed by atoms with Gasteiger partial charge in [0, 0.05) is 19.6 Å². The number of sulfonamides is 1. The molecule has 2 aromatic rings. The van der Waals surface area contributed by atoms with Crippen molar-refractivity contribution in [1.82, 2.24) is 19.5 Å². The zero-order valence-electron chi connectivity index (χ0n) is 13.5. The van der Waals surface area contributed by atoms with Crippen LogP contribution >= 0.6 is 0 Å². The van der Waals surface area contributed by atoms with Crippen LogP contribution in [0.5, 0.6) is 0 Å². The van der Waals surface area contributed by atoms with Crippen molar-refractivity contribution in [2.75, 3.05) is 33.2 Å². The first-order valence-electron chi connectivity index (χ1n) is 7.92. The van der Waals surface area contributed by atoms with Crippen LogP contribution in [0, 0.1) is 5.92 Å². The van der Waals surface area contributed by atoms with Gasteiger partial charge in [-0.05, 0) is 54.8 Å². The van der Waals surface area contributed by atoms with Crippen LogP contribution in [-0.2, 0) is 10.0 Å². The number of benzene rings is 1. The van der Waals surface area contributed by atoms with E-state index in [1.807, 2.05) is 0 Å². The van der Waals surface area contributed by atoms with Crippen LogP contribution in [0.2, 0.25) is 0 Å². The first-order valence-corrected chi connectivity index (χ1v) is 9.36. The maximum Gasteiger partial charge on any atom is 0.245 e. The zero-order chi connectivity index (χ0) is 16.4. The van der Waals surface area contributed by atoms with Crippen LogP contribution in [0.3, 0.4) is 0 Å². The summed E-state index contributed by atoms with van der Waals surface area (Å²) in [6, 6.07) is 4.93. The topological polar surface area (TPSA) is 79.5 Å². The molecule has 0 N–H and O–H groups in total. The number of fused-ring (bicyclic) bond motifs is 1. The van der Waals surface area contributed by atoms with Gasteiger partial charge in [-0.1, -0.05) is 13.0 Å². The fourth-order valence-corrected chi connectivity index (χ4v) is 4.87. The Hall–Kier alpha value is -1.51. The Balaban J connectivity index is 1.78. The Bertz CT molecular complexity index is 774. The molecule has 1 aliphatic heterocycles. The first-order chi connectivity index (χ1) is 11.0. The normalized spacial score (nSPS) is 19.9. The smallest absolute Gasteiger partial charge is 0.245 e. The molecule has 126 valence electrons. The summed E-state index contributed by atoms with van der Waals surface area (Å²) in [6.45, 7) is 5.21. The van der Waals surface area contributed by atoms with Crippen molar-refractivity contribution in [3.8, 4) is 0 Å². The highest BCUT2D eigenvalue weighted by Gasteiger charge is 2.34. The molecular weight excluding hydrogens is 316 g/mol. The summed E-state index contributed by atoms with van der Waals surface area (Å²) in [7, 11) is -1.48. The van der Waals surface area contributed by atoms with Crippen molar-refractivity contribution in [2.45, 2.75) is 24.7 Å². The molecular formula is C15H22N4O3S. The summed E-state index contributed by atoms with van der Waals surface area (Å²) in [5.74, 6) is 0.371. The molecule has 0 bridgehead atoms. The van der Waals surface area contributed by atoms with Crippen LogP contribution in [0.4, 0.5) is 0 Å². The number of hydrogen-bond acceptors (Lipinski definition) is 6. The van der Waals surface area contributed by atoms with E-state index in [0.29, 0.717) is 30.0 Å². The minimum atomic E-state index is -3.56. The largest absolute Gasteiger partial charge is 0.306 e. The lowest BCUT2D eigenvalue weighted by atomic mass is 10.1. The van der Waals surface area contributed by atoms with Crippen LogP contribution in [0.25, 0.3) is 11.0 Å². The van der Waals surface area contributed by atoms with Gasteiger partial charge in [-0.2, -0.15) is 4.31 Å². The maximum atomic E-state index is 12.9. The molecule has 1 saturated heterocycles. The van der Waals surface area contributed by atoms with E-state index in [4.69, 9.17) is 0 Å². The summed E-state index contributed by atoms with van der Waals surface area (Å²) in [6.07, 6.45) is 1.99. The highest BCUT2D eigenvalue weighted by Crippen LogP contribution is 2.28. The quantitative estimate of drug-likeness (QED) is 0.795. The zero-order valence-corrected chi connectivity index (χ0v) is 14.3. The van der Waals surface area contributed by atoms with E-state index in [2.05, 4.69) is 33.8 Å². The van der Waals surface area contributed by atoms with Crippen LogP contribution < -0.4 is 0 Å². The SMILES string of the molecule is CCCN(C)C[C@H]1CCN(S(=O)(=O)c2cccc3nonc23)C1. The number of rotatable bonds is 6. The molecule has 2 heterocycles. The van der Waals surface area contributed by atoms with E-state index in [-0.39, 0.29) is 4.90 Å². The van der Waals surface area contributed by atoms with Crippen molar-refractivity contribution in [3.63, 3.8) is 0 Å². The Morgan fingerprint density at radius 3 is 3.00 bits per heavy atom. The van der Waals surface area contributed by atoms with Crippen LogP contribution in [0.15, 0.2) is 27.7 Å². The third-order valence-electron chi connectivity index (χ3n) is 4.29. The fourth-order valence-electron chi connectivity index (χ4n) is 3.21. The van der Waals surface area contributed by atoms with Gasteiger partial charge in [0.2, 0.25) is 10.0 Å². The number of aromatic nitrogens is 2. The lowest BCUT2D eigenvalue weighted by Crippen LogP contribution is -2.32. The lowest BCUT2D eigenvalue weighted by Gasteiger charge is -2.21. The van der Waals surface area contributed by atoms with E-state index >= 15 is 0 Å². The van der Waals surface area contributed by atoms with Gasteiger partial charge in [0.25, 0.3) is 0 Å². The summed E-state index contributed by atoms with van der Waals surface area (Å²) in [5, 5.41) is 7.47. The van der Waals surface area contributed by atoms with Crippen molar-refractivity contribution in [3.05, 3.63) is 18.2 Å². The summed E-state index contributed by atoms with van der Waals surface area (Å²) >= 11 is 0. The summed E-state index contributed by atoms with van der Waals surface area (Å²) < 4.78 is 32.0. The second kappa shape index (κ2) is 6.54. The molecule has 1 aromatic heterocycles. The molecule has 1 aliphatic rings. The van der Waals surface area contributed by atoms with E-state index in [1.165, 1.54) is 0 Å². The van der Waals surface area contributed by atoms with Crippen molar-refractivity contribution < 1.29 is 13.0 Å². The highest BCUT2D eigenvalue weighted by atomic mass is 32.2. The predicted octanol–water partition coefficient (Wildman–Crippen LogP) is 1.58. The summed E-state index contributed by atoms with van der Waals surface area (Å²) in [5.41, 5.74) is 0.767. The summed E-state index contributed by atoms with van der Waals surface area (Å²) in [4.78, 5) is 2.45. The highest BCUT2D eigenvalue weighted by molar-refractivity contribution is 7.89. The second-order valence-corrected chi connectivity index (χ2v) is 8.07. The van der Waals surface area contributed by atoms with E-state index in [1.54, 1.807) is 22.5 Å². The Morgan fingerprint density at radius 2 is 2.22 bits per heavy atom. The van der Waals surface area contributed by atoms with Gasteiger partial charge in [-0.15, -0.1) is 0 Å². The van der Waals surface area contributed by atoms with Crippen molar-refractivity contribution in [2.24, 2.45) is 5.92 Å². The van der Waals surface area contributed by atoms with Gasteiger partial charge in [-0.25, -0.2) is 13.0 Å². The van der Waals surface area contributed by atoms with Crippen molar-refractivity contribution in [1.29, 1.82) is 0 Å². The van der Waals surface area contributed by atoms with Gasteiger partial charge < -0.3 is 4.90 Å². The standard InChI is InChI=1S/C15H22N4O3S/c1-3-8-18(2)10-12-7-9-19(11-12)23(20,21)14-6-4-5-13-15(14)17-22-16-13/h4-6,12H,3,7-11H2,1-2H3/t12-/m1/s1. The van der Waals surface area contributed by atoms with Gasteiger partial charge in [0.05, 0.1) is 0 Å². The van der Waals surface area contributed by atoms with Gasteiger partial charge in [-0.3, -0.25) is 0 Å². The van der Waals surface area contributed by atoms with Gasteiger partial charge >= 0.3 is 0 Å². The molecule has 0 saturated carbocycles. The molecule has 8 heteroatoms. The molecule has 7 nitrogen and oxygen atoms in total. The molecule has 1 fully saturated rings. The number of hydrogen-bond donors (Lipinski definition) is 0. The molecule has 0 unspecified atom stereocenters. The maximum absolute atomic E-state index is 12.9. The van der Waals surface area contributed by atoms with Crippen molar-refractivity contribution >= 4 is 21.1 Å². The molecule has 0 aliphatic carbocycles. The van der Waals surface area contributed by atoms with E-state index in [9.17, 15) is 8.42 Å². The molecule has 0 spiro atoms. The molecule has 23 heavy (non-hydrogen) atoms. The Kier molecular flexibility index (Phi) is 4.65. The van der Waals surface area contributed by atoms with E-state index < -0.39 is 10.0 Å². The van der Waals surface area contributed by atoms with Gasteiger partial charge in [0.15, 0.2) is 5.52 Å². The molecule has 1 atom stereocenters. The third-order valence-corrected chi connectivity index (χ3v) is 6.19. The third kappa shape index (κ3) is 3.24. The average Bonchev–Trinajstić information content (AvgIpc) is 3.15. The minimum absolute atomic E-state index is 0.179. The van der Waals surface area contributed by atoms with Crippen LogP contribution in [0.1, 0.15) is 19.8 Å². The average molecular weight is 338 g/mol. The number of nitrogens with zero attached hydrogens (tertiary/aromatic N) is 4. The lowest BCUT2D eigenvalue weighted by molar-refractivity contribution is 0.281. The first kappa shape index (κ1) is 16.4. The Labute approximate surface area is 136 Å². The molecule has 0 amide bonds. The fraction of sp³-hybridized carbons (Fsp3) is 0.600. The second-order valence-electron chi connectivity index (χ2n) is 6.17. The monoisotopic (exact) mass is 338 g/mol. The van der Waals surface area contributed by atoms with E-state index in [0.717, 1.165) is 25.9 Å². The molecule has 0 radical (unpaired) electrons. The van der Waals surface area contributed by atoms with Crippen LogP contribution in [-0.4, -0.2) is 61.2 Å². The molecule has 1 aromatic carbocycles.